The first-order valence-electron chi connectivity index (χ1n) is 9.55. The van der Waals surface area contributed by atoms with Crippen LogP contribution in [0.1, 0.15) is 19.6 Å². The Kier molecular flexibility index (Phi) is 7.41. The van der Waals surface area contributed by atoms with Crippen molar-refractivity contribution >= 4 is 39.4 Å². The van der Waals surface area contributed by atoms with Gasteiger partial charge in [-0.15, -0.1) is 15.3 Å². The van der Waals surface area contributed by atoms with Gasteiger partial charge in [0, 0.05) is 13.1 Å². The predicted octanol–water partition coefficient (Wildman–Crippen LogP) is 2.53. The number of aromatic nitrogens is 3. The number of hydrazone groups is 1. The summed E-state index contributed by atoms with van der Waals surface area (Å²) >= 11 is 0. The molecule has 0 bridgehead atoms. The molecule has 0 aliphatic carbocycles. The van der Waals surface area contributed by atoms with Crippen LogP contribution in [-0.2, 0) is 10.0 Å². The highest BCUT2D eigenvalue weighted by Crippen LogP contribution is 2.16. The van der Waals surface area contributed by atoms with Crippen molar-refractivity contribution < 1.29 is 12.8 Å². The fourth-order valence-electron chi connectivity index (χ4n) is 2.35. The number of anilines is 3. The summed E-state index contributed by atoms with van der Waals surface area (Å²) < 4.78 is 28.1. The molecule has 2 aromatic heterocycles. The molecule has 14 heteroatoms. The zero-order valence-electron chi connectivity index (χ0n) is 17.3. The summed E-state index contributed by atoms with van der Waals surface area (Å²) in [5.74, 6) is 1.24. The Balaban J connectivity index is 1.86. The van der Waals surface area contributed by atoms with Crippen LogP contribution in [0.15, 0.2) is 67.3 Å². The van der Waals surface area contributed by atoms with Crippen molar-refractivity contribution in [2.75, 3.05) is 29.1 Å². The molecule has 0 saturated heterocycles. The van der Waals surface area contributed by atoms with Crippen molar-refractivity contribution in [3.05, 3.63) is 48.4 Å². The summed E-state index contributed by atoms with van der Waals surface area (Å²) in [6.45, 7) is 5.08. The van der Waals surface area contributed by atoms with Gasteiger partial charge in [0.1, 0.15) is 0 Å². The Morgan fingerprint density at radius 3 is 2.22 bits per heavy atom. The predicted molar refractivity (Wildman–Crippen MR) is 119 cm³/mol. The van der Waals surface area contributed by atoms with Gasteiger partial charge in [0.25, 0.3) is 5.95 Å². The third-order valence-electron chi connectivity index (χ3n) is 3.74. The van der Waals surface area contributed by atoms with Crippen LogP contribution < -0.4 is 21.2 Å². The second-order valence-electron chi connectivity index (χ2n) is 6.14. The Morgan fingerprint density at radius 2 is 1.69 bits per heavy atom. The minimum atomic E-state index is -3.78. The molecule has 0 amide bonds. The molecule has 0 aliphatic rings. The van der Waals surface area contributed by atoms with Crippen LogP contribution >= 0.6 is 0 Å². The first-order valence-corrected chi connectivity index (χ1v) is 11.1. The summed E-state index contributed by atoms with van der Waals surface area (Å²) in [6, 6.07) is 9.07. The second-order valence-corrected chi connectivity index (χ2v) is 7.70. The molecule has 1 aromatic carbocycles. The van der Waals surface area contributed by atoms with E-state index in [4.69, 9.17) is 9.56 Å². The number of nitrogens with zero attached hydrogens (tertiary/aromatic N) is 6. The fourth-order valence-corrected chi connectivity index (χ4v) is 2.86. The van der Waals surface area contributed by atoms with E-state index in [-0.39, 0.29) is 16.7 Å². The van der Waals surface area contributed by atoms with Crippen LogP contribution in [0, 0.1) is 0 Å². The summed E-state index contributed by atoms with van der Waals surface area (Å²) in [5.41, 5.74) is 3.27. The van der Waals surface area contributed by atoms with E-state index in [1.54, 1.807) is 12.1 Å². The molecule has 0 spiro atoms. The third-order valence-corrected chi connectivity index (χ3v) is 4.67. The molecule has 0 atom stereocenters. The lowest BCUT2D eigenvalue weighted by molar-refractivity contribution is 0.556. The molecule has 0 fully saturated rings. The monoisotopic (exact) mass is 458 g/mol. The molecule has 3 rings (SSSR count). The van der Waals surface area contributed by atoms with Gasteiger partial charge in [-0.1, -0.05) is 0 Å². The number of furan rings is 1. The summed E-state index contributed by atoms with van der Waals surface area (Å²) in [7, 11) is -3.78. The molecular formula is C18H22N10O3S. The number of amidine groups is 1. The number of hydrogen-bond donors (Lipinski definition) is 4. The van der Waals surface area contributed by atoms with E-state index >= 15 is 0 Å². The minimum absolute atomic E-state index is 0.0132. The molecule has 13 nitrogen and oxygen atoms in total. The first-order chi connectivity index (χ1) is 15.4. The standard InChI is InChI=1S/C18H22N10O3S/c1-3-20-16-22-17(21-4-2)24-18(23-16)28-27-15(14-6-5-11-31-14)26-25-12-7-9-13(10-8-12)32(19,29)30/h5-11,25H,3-4H2,1-2H3,(H2,19,29,30)(H2,20,21,22,23,24)/b26-15-,28-27?. The largest absolute Gasteiger partial charge is 0.461 e. The van der Waals surface area contributed by atoms with Crippen LogP contribution in [-0.4, -0.2) is 42.3 Å². The fraction of sp³-hybridized carbons (Fsp3) is 0.222. The Bertz CT molecular complexity index is 1170. The molecule has 3 aromatic rings. The highest BCUT2D eigenvalue weighted by molar-refractivity contribution is 7.89. The molecule has 5 N–H and O–H groups in total. The van der Waals surface area contributed by atoms with Gasteiger partial charge < -0.3 is 15.1 Å². The van der Waals surface area contributed by atoms with Gasteiger partial charge in [-0.3, -0.25) is 5.43 Å². The molecule has 2 heterocycles. The van der Waals surface area contributed by atoms with Gasteiger partial charge in [0.15, 0.2) is 5.76 Å². The number of sulfonamides is 1. The van der Waals surface area contributed by atoms with Crippen molar-refractivity contribution in [1.82, 2.24) is 15.0 Å². The number of rotatable bonds is 9. The molecular weight excluding hydrogens is 436 g/mol. The number of primary sulfonamides is 1. The van der Waals surface area contributed by atoms with Crippen LogP contribution in [0.4, 0.5) is 23.5 Å². The van der Waals surface area contributed by atoms with Gasteiger partial charge in [-0.25, -0.2) is 13.6 Å². The molecule has 32 heavy (non-hydrogen) atoms. The van der Waals surface area contributed by atoms with E-state index in [2.05, 4.69) is 46.3 Å². The van der Waals surface area contributed by atoms with Gasteiger partial charge in [0.05, 0.1) is 16.8 Å². The van der Waals surface area contributed by atoms with Gasteiger partial charge in [-0.2, -0.15) is 15.0 Å². The normalized spacial score (nSPS) is 12.2. The van der Waals surface area contributed by atoms with Crippen molar-refractivity contribution in [1.29, 1.82) is 0 Å². The van der Waals surface area contributed by atoms with E-state index in [0.717, 1.165) is 0 Å². The number of azo groups is 1. The van der Waals surface area contributed by atoms with E-state index in [9.17, 15) is 8.42 Å². The number of benzene rings is 1. The minimum Gasteiger partial charge on any atom is -0.461 e. The third kappa shape index (κ3) is 6.29. The molecule has 0 saturated carbocycles. The van der Waals surface area contributed by atoms with Crippen LogP contribution in [0.5, 0.6) is 0 Å². The van der Waals surface area contributed by atoms with Crippen molar-refractivity contribution in [3.8, 4) is 0 Å². The summed E-state index contributed by atoms with van der Waals surface area (Å²) in [4.78, 5) is 12.6. The maximum Gasteiger partial charge on any atom is 0.275 e. The van der Waals surface area contributed by atoms with Crippen molar-refractivity contribution in [3.63, 3.8) is 0 Å². The van der Waals surface area contributed by atoms with Crippen LogP contribution in [0.3, 0.4) is 0 Å². The maximum absolute atomic E-state index is 11.4. The van der Waals surface area contributed by atoms with Gasteiger partial charge in [0.2, 0.25) is 27.8 Å². The quantitative estimate of drug-likeness (QED) is 0.162. The Morgan fingerprint density at radius 1 is 1.03 bits per heavy atom. The SMILES string of the molecule is CCNc1nc(N=N/C(=N\Nc2ccc(S(N)(=O)=O)cc2)c2ccco2)nc(NCC)n1. The second kappa shape index (κ2) is 10.4. The average Bonchev–Trinajstić information content (AvgIpc) is 3.28. The molecule has 0 unspecified atom stereocenters. The Hall–Kier alpha value is -3.91. The number of nitrogens with one attached hydrogen (secondary N) is 3. The number of nitrogens with two attached hydrogens (primary N) is 1. The van der Waals surface area contributed by atoms with Crippen molar-refractivity contribution in [2.24, 2.45) is 20.5 Å². The van der Waals surface area contributed by atoms with Crippen LogP contribution in [0.25, 0.3) is 0 Å². The topological polar surface area (TPSA) is 185 Å². The van der Waals surface area contributed by atoms with E-state index < -0.39 is 10.0 Å². The lowest BCUT2D eigenvalue weighted by atomic mass is 10.3. The zero-order valence-corrected chi connectivity index (χ0v) is 18.2. The first kappa shape index (κ1) is 22.8. The van der Waals surface area contributed by atoms with E-state index in [0.29, 0.717) is 36.4 Å². The lowest BCUT2D eigenvalue weighted by Gasteiger charge is -2.05. The van der Waals surface area contributed by atoms with Crippen LogP contribution in [0.2, 0.25) is 0 Å². The summed E-state index contributed by atoms with van der Waals surface area (Å²) in [5, 5.41) is 23.5. The van der Waals surface area contributed by atoms with Crippen molar-refractivity contribution in [2.45, 2.75) is 18.7 Å². The van der Waals surface area contributed by atoms with Gasteiger partial charge in [-0.05, 0) is 50.2 Å². The Labute approximate surface area is 184 Å². The van der Waals surface area contributed by atoms with E-state index in [1.807, 2.05) is 13.8 Å². The number of hydrogen-bond acceptors (Lipinski definition) is 11. The molecule has 0 radical (unpaired) electrons. The zero-order chi connectivity index (χ0) is 23.0. The van der Waals surface area contributed by atoms with E-state index in [1.165, 1.54) is 30.5 Å². The molecule has 0 aliphatic heterocycles. The highest BCUT2D eigenvalue weighted by Gasteiger charge is 2.10. The average molecular weight is 459 g/mol. The highest BCUT2D eigenvalue weighted by atomic mass is 32.2. The lowest BCUT2D eigenvalue weighted by Crippen LogP contribution is -2.11. The van der Waals surface area contributed by atoms with Gasteiger partial charge >= 0.3 is 0 Å². The summed E-state index contributed by atoms with van der Waals surface area (Å²) in [6.07, 6.45) is 1.47. The smallest absolute Gasteiger partial charge is 0.275 e. The maximum atomic E-state index is 11.4. The molecule has 168 valence electrons.